The molecule has 1 aromatic carbocycles. The number of aryl methyl sites for hydroxylation is 2. The van der Waals surface area contributed by atoms with Crippen LogP contribution >= 0.6 is 0 Å². The van der Waals surface area contributed by atoms with Gasteiger partial charge in [0.15, 0.2) is 0 Å². The Labute approximate surface area is 83.1 Å². The first-order chi connectivity index (χ1) is 6.54. The standard InChI is InChI=1S/C10H14N2O2/c1-6-4-8(12-10(11)13)5-7(2)9(6)14-3/h4-5H,1-3H3,(H3,11,12,13). The highest BCUT2D eigenvalue weighted by Gasteiger charge is 2.05. The van der Waals surface area contributed by atoms with E-state index in [1.54, 1.807) is 7.11 Å². The van der Waals surface area contributed by atoms with Gasteiger partial charge in [-0.05, 0) is 37.1 Å². The number of nitrogens with two attached hydrogens (primary N) is 1. The van der Waals surface area contributed by atoms with Crippen molar-refractivity contribution in [2.75, 3.05) is 12.4 Å². The number of methoxy groups -OCH3 is 1. The Bertz CT molecular complexity index is 338. The summed E-state index contributed by atoms with van der Waals surface area (Å²) in [6, 6.07) is 3.07. The second-order valence-corrected chi connectivity index (χ2v) is 3.13. The molecule has 0 radical (unpaired) electrons. The Morgan fingerprint density at radius 2 is 1.86 bits per heavy atom. The van der Waals surface area contributed by atoms with Crippen molar-refractivity contribution in [2.45, 2.75) is 13.8 Å². The minimum Gasteiger partial charge on any atom is -0.496 e. The monoisotopic (exact) mass is 194 g/mol. The van der Waals surface area contributed by atoms with E-state index in [2.05, 4.69) is 5.32 Å². The number of ether oxygens (including phenoxy) is 1. The summed E-state index contributed by atoms with van der Waals surface area (Å²) >= 11 is 0. The first-order valence-electron chi connectivity index (χ1n) is 4.26. The summed E-state index contributed by atoms with van der Waals surface area (Å²) in [6.45, 7) is 3.83. The van der Waals surface area contributed by atoms with Crippen LogP contribution in [0.25, 0.3) is 0 Å². The van der Waals surface area contributed by atoms with Crippen LogP contribution in [0.4, 0.5) is 10.5 Å². The lowest BCUT2D eigenvalue weighted by atomic mass is 10.1. The summed E-state index contributed by atoms with van der Waals surface area (Å²) < 4.78 is 5.19. The molecule has 0 aliphatic rings. The molecule has 0 aliphatic carbocycles. The zero-order valence-corrected chi connectivity index (χ0v) is 8.55. The third-order valence-electron chi connectivity index (χ3n) is 1.93. The molecule has 0 aromatic heterocycles. The van der Waals surface area contributed by atoms with Gasteiger partial charge < -0.3 is 15.8 Å². The Balaban J connectivity index is 3.07. The summed E-state index contributed by atoms with van der Waals surface area (Å²) in [4.78, 5) is 10.6. The van der Waals surface area contributed by atoms with Gasteiger partial charge in [0.25, 0.3) is 0 Å². The predicted octanol–water partition coefficient (Wildman–Crippen LogP) is 1.80. The van der Waals surface area contributed by atoms with Crippen molar-refractivity contribution < 1.29 is 9.53 Å². The number of carbonyl (C=O) groups excluding carboxylic acids is 1. The minimum atomic E-state index is -0.561. The number of primary amides is 1. The quantitative estimate of drug-likeness (QED) is 0.754. The maximum absolute atomic E-state index is 10.6. The van der Waals surface area contributed by atoms with Gasteiger partial charge >= 0.3 is 6.03 Å². The van der Waals surface area contributed by atoms with Crippen LogP contribution in [0.5, 0.6) is 5.75 Å². The van der Waals surface area contributed by atoms with Gasteiger partial charge in [0, 0.05) is 5.69 Å². The summed E-state index contributed by atoms with van der Waals surface area (Å²) in [6.07, 6.45) is 0. The third kappa shape index (κ3) is 2.16. The highest BCUT2D eigenvalue weighted by molar-refractivity contribution is 5.88. The molecule has 0 saturated carbocycles. The number of carbonyl (C=O) groups is 1. The Morgan fingerprint density at radius 1 is 1.36 bits per heavy atom. The second kappa shape index (κ2) is 4.00. The summed E-state index contributed by atoms with van der Waals surface area (Å²) in [5, 5.41) is 2.52. The molecule has 3 N–H and O–H groups in total. The van der Waals surface area contributed by atoms with Crippen molar-refractivity contribution in [1.29, 1.82) is 0 Å². The van der Waals surface area contributed by atoms with Gasteiger partial charge in [-0.1, -0.05) is 0 Å². The van der Waals surface area contributed by atoms with E-state index in [1.807, 2.05) is 26.0 Å². The molecule has 1 aromatic rings. The molecule has 0 fully saturated rings. The third-order valence-corrected chi connectivity index (χ3v) is 1.93. The first kappa shape index (κ1) is 10.4. The zero-order chi connectivity index (χ0) is 10.7. The van der Waals surface area contributed by atoms with Gasteiger partial charge in [-0.3, -0.25) is 0 Å². The predicted molar refractivity (Wildman–Crippen MR) is 55.7 cm³/mol. The molecule has 1 rings (SSSR count). The molecule has 0 saturated heterocycles. The van der Waals surface area contributed by atoms with E-state index >= 15 is 0 Å². The number of hydrogen-bond acceptors (Lipinski definition) is 2. The van der Waals surface area contributed by atoms with Crippen molar-refractivity contribution >= 4 is 11.7 Å². The lowest BCUT2D eigenvalue weighted by Crippen LogP contribution is -2.19. The molecule has 4 nitrogen and oxygen atoms in total. The van der Waals surface area contributed by atoms with Crippen LogP contribution in [-0.4, -0.2) is 13.1 Å². The highest BCUT2D eigenvalue weighted by Crippen LogP contribution is 2.26. The number of benzene rings is 1. The highest BCUT2D eigenvalue weighted by atomic mass is 16.5. The van der Waals surface area contributed by atoms with Crippen LogP contribution in [0.2, 0.25) is 0 Å². The fourth-order valence-corrected chi connectivity index (χ4v) is 1.49. The van der Waals surface area contributed by atoms with E-state index < -0.39 is 6.03 Å². The molecular weight excluding hydrogens is 180 g/mol. The Morgan fingerprint density at radius 3 is 2.21 bits per heavy atom. The molecule has 0 unspecified atom stereocenters. The van der Waals surface area contributed by atoms with Crippen molar-refractivity contribution in [1.82, 2.24) is 0 Å². The zero-order valence-electron chi connectivity index (χ0n) is 8.55. The molecule has 0 heterocycles. The van der Waals surface area contributed by atoms with E-state index in [-0.39, 0.29) is 0 Å². The molecule has 0 bridgehead atoms. The summed E-state index contributed by atoms with van der Waals surface area (Å²) in [7, 11) is 1.62. The van der Waals surface area contributed by atoms with E-state index in [4.69, 9.17) is 10.5 Å². The molecule has 0 spiro atoms. The van der Waals surface area contributed by atoms with Crippen LogP contribution in [0.15, 0.2) is 12.1 Å². The Hall–Kier alpha value is -1.71. The van der Waals surface area contributed by atoms with Crippen molar-refractivity contribution in [2.24, 2.45) is 5.73 Å². The van der Waals surface area contributed by atoms with Crippen LogP contribution in [-0.2, 0) is 0 Å². The number of nitrogens with one attached hydrogen (secondary N) is 1. The Kier molecular flexibility index (Phi) is 2.96. The summed E-state index contributed by atoms with van der Waals surface area (Å²) in [5.41, 5.74) is 7.64. The molecule has 2 amide bonds. The SMILES string of the molecule is COc1c(C)cc(NC(N)=O)cc1C. The van der Waals surface area contributed by atoms with E-state index in [0.29, 0.717) is 5.69 Å². The number of urea groups is 1. The van der Waals surface area contributed by atoms with Crippen LogP contribution in [0.3, 0.4) is 0 Å². The van der Waals surface area contributed by atoms with Crippen LogP contribution in [0, 0.1) is 13.8 Å². The molecule has 14 heavy (non-hydrogen) atoms. The molecule has 0 atom stereocenters. The van der Waals surface area contributed by atoms with Crippen LogP contribution < -0.4 is 15.8 Å². The normalized spacial score (nSPS) is 9.64. The van der Waals surface area contributed by atoms with Gasteiger partial charge in [-0.15, -0.1) is 0 Å². The number of anilines is 1. The van der Waals surface area contributed by atoms with Crippen LogP contribution in [0.1, 0.15) is 11.1 Å². The van der Waals surface area contributed by atoms with E-state index in [1.165, 1.54) is 0 Å². The lowest BCUT2D eigenvalue weighted by molar-refractivity contribution is 0.259. The minimum absolute atomic E-state index is 0.561. The lowest BCUT2D eigenvalue weighted by Gasteiger charge is -2.11. The van der Waals surface area contributed by atoms with Crippen molar-refractivity contribution in [3.63, 3.8) is 0 Å². The fraction of sp³-hybridized carbons (Fsp3) is 0.300. The average molecular weight is 194 g/mol. The molecule has 0 aliphatic heterocycles. The molecular formula is C10H14N2O2. The topological polar surface area (TPSA) is 64.3 Å². The fourth-order valence-electron chi connectivity index (χ4n) is 1.49. The largest absolute Gasteiger partial charge is 0.496 e. The maximum Gasteiger partial charge on any atom is 0.316 e. The molecule has 4 heteroatoms. The maximum atomic E-state index is 10.6. The van der Waals surface area contributed by atoms with Gasteiger partial charge in [0.1, 0.15) is 5.75 Å². The van der Waals surface area contributed by atoms with Gasteiger partial charge in [-0.25, -0.2) is 4.79 Å². The van der Waals surface area contributed by atoms with Gasteiger partial charge in [-0.2, -0.15) is 0 Å². The summed E-state index contributed by atoms with van der Waals surface area (Å²) in [5.74, 6) is 0.833. The average Bonchev–Trinajstić information content (AvgIpc) is 2.01. The first-order valence-corrected chi connectivity index (χ1v) is 4.26. The molecule has 76 valence electrons. The van der Waals surface area contributed by atoms with Crippen molar-refractivity contribution in [3.05, 3.63) is 23.3 Å². The number of rotatable bonds is 2. The second-order valence-electron chi connectivity index (χ2n) is 3.13. The van der Waals surface area contributed by atoms with Gasteiger partial charge in [0.05, 0.1) is 7.11 Å². The number of amides is 2. The van der Waals surface area contributed by atoms with E-state index in [9.17, 15) is 4.79 Å². The smallest absolute Gasteiger partial charge is 0.316 e. The number of hydrogen-bond donors (Lipinski definition) is 2. The van der Waals surface area contributed by atoms with Gasteiger partial charge in [0.2, 0.25) is 0 Å². The van der Waals surface area contributed by atoms with Crippen molar-refractivity contribution in [3.8, 4) is 5.75 Å². The van der Waals surface area contributed by atoms with E-state index in [0.717, 1.165) is 16.9 Å².